The van der Waals surface area contributed by atoms with E-state index in [4.69, 9.17) is 4.74 Å². The van der Waals surface area contributed by atoms with Gasteiger partial charge in [0.2, 0.25) is 11.8 Å². The van der Waals surface area contributed by atoms with Gasteiger partial charge >= 0.3 is 10.8 Å². The number of likely N-dealkylation sites (tertiary alicyclic amines) is 1. The van der Waals surface area contributed by atoms with Crippen LogP contribution in [-0.2, 0) is 19.2 Å². The number of amides is 3. The quantitative estimate of drug-likeness (QED) is 0.235. The van der Waals surface area contributed by atoms with Crippen LogP contribution in [0.4, 0.5) is 5.69 Å². The lowest BCUT2D eigenvalue weighted by Gasteiger charge is -2.43. The standard InChI is InChI=1S/C34H29N3O7S2/c38-23(35-19-9-8-16-4-1-2-5-17(16)12-19)15-44-20-7-3-6-18(13-20)25-26-21-14-22(29(26)45-31-30(25)46-34(43)36-31)28-27(21)32(41)37(33(28)42)11-10-24(39)40/h1-9,12-13,21-22,25-29H,10-11,14-15H2,(H,35,38)(H,36,43)(H,39,40)/t21?,22?,25-,26?,27?,28?,29?/m1/s1. The van der Waals surface area contributed by atoms with Gasteiger partial charge in [-0.2, -0.15) is 0 Å². The van der Waals surface area contributed by atoms with Crippen LogP contribution in [0.15, 0.2) is 76.6 Å². The number of fused-ring (bicyclic) bond motifs is 10. The molecule has 3 N–H and O–H groups in total. The van der Waals surface area contributed by atoms with Gasteiger partial charge < -0.3 is 20.1 Å². The third-order valence-electron chi connectivity index (χ3n) is 9.98. The number of hydrogen-bond donors (Lipinski definition) is 3. The van der Waals surface area contributed by atoms with E-state index in [9.17, 15) is 29.1 Å². The molecule has 10 nitrogen and oxygen atoms in total. The number of benzene rings is 3. The zero-order chi connectivity index (χ0) is 31.7. The number of hydrogen-bond acceptors (Lipinski definition) is 8. The van der Waals surface area contributed by atoms with Crippen molar-refractivity contribution >= 4 is 63.2 Å². The van der Waals surface area contributed by atoms with Crippen molar-refractivity contribution in [2.24, 2.45) is 29.6 Å². The maximum absolute atomic E-state index is 13.6. The maximum atomic E-state index is 13.6. The smallest absolute Gasteiger partial charge is 0.305 e. The summed E-state index contributed by atoms with van der Waals surface area (Å²) in [6, 6.07) is 21.2. The van der Waals surface area contributed by atoms with Gasteiger partial charge in [-0.25, -0.2) is 0 Å². The van der Waals surface area contributed by atoms with Crippen molar-refractivity contribution in [2.75, 3.05) is 18.5 Å². The van der Waals surface area contributed by atoms with Crippen LogP contribution < -0.4 is 14.9 Å². The molecule has 12 heteroatoms. The number of carbonyl (C=O) groups excluding carboxylic acids is 3. The van der Waals surface area contributed by atoms with E-state index >= 15 is 0 Å². The number of aliphatic carboxylic acids is 1. The molecule has 2 saturated carbocycles. The van der Waals surface area contributed by atoms with E-state index in [2.05, 4.69) is 10.3 Å². The van der Waals surface area contributed by atoms with E-state index in [1.807, 2.05) is 60.7 Å². The number of anilines is 1. The van der Waals surface area contributed by atoms with Gasteiger partial charge in [0.15, 0.2) is 6.61 Å². The summed E-state index contributed by atoms with van der Waals surface area (Å²) < 4.78 is 5.95. The van der Waals surface area contributed by atoms with Crippen molar-refractivity contribution in [3.05, 3.63) is 86.8 Å². The van der Waals surface area contributed by atoms with E-state index in [-0.39, 0.29) is 71.1 Å². The highest BCUT2D eigenvalue weighted by atomic mass is 32.2. The number of aromatic amines is 1. The number of ether oxygens (including phenoxy) is 1. The number of aromatic nitrogens is 1. The van der Waals surface area contributed by atoms with Crippen molar-refractivity contribution < 1.29 is 29.0 Å². The van der Waals surface area contributed by atoms with Gasteiger partial charge in [0.05, 0.1) is 23.3 Å². The van der Waals surface area contributed by atoms with Crippen LogP contribution in [0.1, 0.15) is 29.2 Å². The minimum absolute atomic E-state index is 0.00201. The zero-order valence-electron chi connectivity index (χ0n) is 24.4. The Balaban J connectivity index is 1.04. The first-order valence-electron chi connectivity index (χ1n) is 15.2. The van der Waals surface area contributed by atoms with Crippen molar-refractivity contribution in [1.82, 2.24) is 9.88 Å². The Morgan fingerprint density at radius 3 is 2.54 bits per heavy atom. The molecule has 4 aromatic rings. The number of nitrogens with zero attached hydrogens (tertiary/aromatic N) is 1. The Morgan fingerprint density at radius 2 is 1.74 bits per heavy atom. The molecule has 7 atom stereocenters. The predicted octanol–water partition coefficient (Wildman–Crippen LogP) is 4.56. The second-order valence-electron chi connectivity index (χ2n) is 12.4. The number of carbonyl (C=O) groups is 4. The highest BCUT2D eigenvalue weighted by Gasteiger charge is 2.69. The van der Waals surface area contributed by atoms with E-state index in [1.165, 1.54) is 11.3 Å². The number of thioether (sulfide) groups is 1. The molecule has 6 unspecified atom stereocenters. The van der Waals surface area contributed by atoms with Crippen LogP contribution in [-0.4, -0.2) is 57.1 Å². The van der Waals surface area contributed by atoms with Gasteiger partial charge in [0.25, 0.3) is 5.91 Å². The van der Waals surface area contributed by atoms with Gasteiger partial charge in [0.1, 0.15) is 5.75 Å². The number of H-pyrrole nitrogens is 1. The van der Waals surface area contributed by atoms with Gasteiger partial charge in [-0.15, -0.1) is 11.8 Å². The first-order valence-corrected chi connectivity index (χ1v) is 16.9. The summed E-state index contributed by atoms with van der Waals surface area (Å²) in [6.07, 6.45) is 0.463. The lowest BCUT2D eigenvalue weighted by Crippen LogP contribution is -2.42. The van der Waals surface area contributed by atoms with Crippen molar-refractivity contribution in [3.63, 3.8) is 0 Å². The third-order valence-corrected chi connectivity index (χ3v) is 12.6. The second-order valence-corrected chi connectivity index (χ2v) is 14.6. The van der Waals surface area contributed by atoms with Gasteiger partial charge in [-0.3, -0.25) is 28.9 Å². The number of nitrogens with one attached hydrogen (secondary N) is 2. The van der Waals surface area contributed by atoms with E-state index in [0.717, 1.165) is 37.6 Å². The van der Waals surface area contributed by atoms with E-state index in [0.29, 0.717) is 11.4 Å². The van der Waals surface area contributed by atoms with E-state index < -0.39 is 17.8 Å². The molecule has 2 aliphatic heterocycles. The minimum Gasteiger partial charge on any atom is -0.484 e. The summed E-state index contributed by atoms with van der Waals surface area (Å²) in [5.74, 6) is -2.63. The molecular formula is C34H29N3O7S2. The fraction of sp³-hybridized carbons (Fsp3) is 0.324. The maximum Gasteiger partial charge on any atom is 0.305 e. The Morgan fingerprint density at radius 1 is 0.957 bits per heavy atom. The fourth-order valence-corrected chi connectivity index (χ4v) is 11.2. The molecule has 1 aromatic heterocycles. The SMILES string of the molecule is O=C(O)CCN1C(=O)C2C3CC(C2C1=O)C1C3Sc2[nH]c(=O)sc2[C@@H]1c1cccc(OCC(=O)Nc2ccc3ccccc3c2)c1. The molecule has 4 aliphatic rings. The first-order chi connectivity index (χ1) is 22.3. The molecular weight excluding hydrogens is 627 g/mol. The largest absolute Gasteiger partial charge is 0.484 e. The van der Waals surface area contributed by atoms with Crippen LogP contribution in [0.2, 0.25) is 0 Å². The second kappa shape index (κ2) is 11.1. The molecule has 3 aromatic carbocycles. The van der Waals surface area contributed by atoms with Crippen LogP contribution >= 0.6 is 23.1 Å². The molecule has 3 amide bonds. The molecule has 2 aliphatic carbocycles. The number of thiazole rings is 1. The van der Waals surface area contributed by atoms with Gasteiger partial charge in [-0.1, -0.05) is 53.8 Å². The molecule has 0 spiro atoms. The van der Waals surface area contributed by atoms with E-state index in [1.54, 1.807) is 17.8 Å². The monoisotopic (exact) mass is 655 g/mol. The topological polar surface area (TPSA) is 146 Å². The fourth-order valence-electron chi connectivity index (χ4n) is 8.29. The summed E-state index contributed by atoms with van der Waals surface area (Å²) >= 11 is 2.77. The number of imide groups is 1. The summed E-state index contributed by atoms with van der Waals surface area (Å²) in [5, 5.41) is 15.0. The molecule has 3 heterocycles. The predicted molar refractivity (Wildman–Crippen MR) is 172 cm³/mol. The molecule has 234 valence electrons. The first kappa shape index (κ1) is 29.0. The highest BCUT2D eigenvalue weighted by Crippen LogP contribution is 2.68. The average molecular weight is 656 g/mol. The Kier molecular flexibility index (Phi) is 7.02. The molecule has 3 fully saturated rings. The summed E-state index contributed by atoms with van der Waals surface area (Å²) in [5.41, 5.74) is 1.60. The molecule has 1 saturated heterocycles. The highest BCUT2D eigenvalue weighted by molar-refractivity contribution is 8.00. The Labute approximate surface area is 271 Å². The third kappa shape index (κ3) is 4.73. The summed E-state index contributed by atoms with van der Waals surface area (Å²) in [6.45, 7) is -0.303. The number of carboxylic acid groups (broad SMARTS) is 1. The molecule has 2 bridgehead atoms. The normalized spacial score (nSPS) is 27.4. The van der Waals surface area contributed by atoms with Gasteiger partial charge in [0, 0.05) is 28.3 Å². The molecule has 8 rings (SSSR count). The van der Waals surface area contributed by atoms with Gasteiger partial charge in [-0.05, 0) is 64.8 Å². The lowest BCUT2D eigenvalue weighted by atomic mass is 9.68. The summed E-state index contributed by atoms with van der Waals surface area (Å²) in [4.78, 5) is 68.5. The van der Waals surface area contributed by atoms with Crippen molar-refractivity contribution in [1.29, 1.82) is 0 Å². The lowest BCUT2D eigenvalue weighted by molar-refractivity contribution is -0.142. The molecule has 46 heavy (non-hydrogen) atoms. The number of carboxylic acids is 1. The van der Waals surface area contributed by atoms with Crippen LogP contribution in [0.25, 0.3) is 10.8 Å². The van der Waals surface area contributed by atoms with Crippen molar-refractivity contribution in [2.45, 2.75) is 29.0 Å². The Bertz CT molecular complexity index is 1990. The van der Waals surface area contributed by atoms with Crippen LogP contribution in [0, 0.1) is 29.6 Å². The minimum atomic E-state index is -1.05. The van der Waals surface area contributed by atoms with Crippen LogP contribution in [0.5, 0.6) is 5.75 Å². The average Bonchev–Trinajstić information content (AvgIpc) is 3.78. The van der Waals surface area contributed by atoms with Crippen molar-refractivity contribution in [3.8, 4) is 5.75 Å². The zero-order valence-corrected chi connectivity index (χ0v) is 26.0. The molecule has 0 radical (unpaired) electrons. The number of rotatable bonds is 8. The Hall–Kier alpha value is -4.42. The van der Waals surface area contributed by atoms with Crippen LogP contribution in [0.3, 0.4) is 0 Å². The summed E-state index contributed by atoms with van der Waals surface area (Å²) in [7, 11) is 0.